The molecular formula is C19H21ClN2O3. The van der Waals surface area contributed by atoms with E-state index in [1.165, 1.54) is 7.11 Å². The van der Waals surface area contributed by atoms with Crippen LogP contribution in [0.3, 0.4) is 0 Å². The molecule has 0 heterocycles. The number of ether oxygens (including phenoxy) is 1. The Balaban J connectivity index is 2.25. The molecule has 2 aromatic carbocycles. The van der Waals surface area contributed by atoms with Gasteiger partial charge in [-0.2, -0.15) is 0 Å². The van der Waals surface area contributed by atoms with Gasteiger partial charge in [0.1, 0.15) is 5.75 Å². The van der Waals surface area contributed by atoms with Crippen LogP contribution >= 0.6 is 11.6 Å². The number of carbonyl (C=O) groups is 2. The normalized spacial score (nSPS) is 10.2. The zero-order valence-corrected chi connectivity index (χ0v) is 15.3. The summed E-state index contributed by atoms with van der Waals surface area (Å²) in [5, 5.41) is 3.26. The van der Waals surface area contributed by atoms with Gasteiger partial charge in [-0.05, 0) is 50.2 Å². The smallest absolute Gasteiger partial charge is 0.255 e. The summed E-state index contributed by atoms with van der Waals surface area (Å²) in [6, 6.07) is 11.6. The van der Waals surface area contributed by atoms with Crippen molar-refractivity contribution in [3.63, 3.8) is 0 Å². The van der Waals surface area contributed by atoms with Crippen LogP contribution in [0.1, 0.15) is 34.6 Å². The summed E-state index contributed by atoms with van der Waals surface area (Å²) < 4.78 is 5.23. The molecule has 2 amide bonds. The van der Waals surface area contributed by atoms with E-state index >= 15 is 0 Å². The first-order chi connectivity index (χ1) is 12.0. The fourth-order valence-corrected chi connectivity index (χ4v) is 2.63. The summed E-state index contributed by atoms with van der Waals surface area (Å²) >= 11 is 5.98. The van der Waals surface area contributed by atoms with Gasteiger partial charge in [0, 0.05) is 29.2 Å². The van der Waals surface area contributed by atoms with E-state index in [-0.39, 0.29) is 11.8 Å². The molecule has 0 radical (unpaired) electrons. The lowest BCUT2D eigenvalue weighted by atomic mass is 10.1. The van der Waals surface area contributed by atoms with Crippen molar-refractivity contribution < 1.29 is 14.3 Å². The van der Waals surface area contributed by atoms with Crippen molar-refractivity contribution in [2.45, 2.75) is 13.8 Å². The fourth-order valence-electron chi connectivity index (χ4n) is 2.46. The van der Waals surface area contributed by atoms with Gasteiger partial charge in [0.2, 0.25) is 0 Å². The number of rotatable bonds is 6. The van der Waals surface area contributed by atoms with Gasteiger partial charge in [-0.1, -0.05) is 17.7 Å². The van der Waals surface area contributed by atoms with E-state index in [1.54, 1.807) is 47.4 Å². The van der Waals surface area contributed by atoms with Crippen LogP contribution in [-0.2, 0) is 0 Å². The molecule has 0 aliphatic carbocycles. The molecule has 5 nitrogen and oxygen atoms in total. The summed E-state index contributed by atoms with van der Waals surface area (Å²) in [7, 11) is 1.52. The van der Waals surface area contributed by atoms with Crippen molar-refractivity contribution in [2.24, 2.45) is 0 Å². The topological polar surface area (TPSA) is 58.6 Å². The zero-order chi connectivity index (χ0) is 18.4. The number of benzene rings is 2. The van der Waals surface area contributed by atoms with Crippen molar-refractivity contribution in [1.29, 1.82) is 0 Å². The molecule has 25 heavy (non-hydrogen) atoms. The third kappa shape index (κ3) is 4.51. The fraction of sp³-hybridized carbons (Fsp3) is 0.263. The average Bonchev–Trinajstić information content (AvgIpc) is 2.63. The molecule has 6 heteroatoms. The Morgan fingerprint density at radius 1 is 1.08 bits per heavy atom. The van der Waals surface area contributed by atoms with Gasteiger partial charge in [0.05, 0.1) is 12.8 Å². The van der Waals surface area contributed by atoms with E-state index in [1.807, 2.05) is 13.8 Å². The second-order valence-electron chi connectivity index (χ2n) is 5.36. The zero-order valence-electron chi connectivity index (χ0n) is 14.5. The molecule has 0 saturated heterocycles. The van der Waals surface area contributed by atoms with E-state index < -0.39 is 0 Å². The predicted octanol–water partition coefficient (Wildman–Crippen LogP) is 4.08. The number of nitrogens with zero attached hydrogens (tertiary/aromatic N) is 1. The molecule has 2 rings (SSSR count). The second-order valence-corrected chi connectivity index (χ2v) is 5.79. The van der Waals surface area contributed by atoms with E-state index in [0.717, 1.165) is 0 Å². The first kappa shape index (κ1) is 18.8. The van der Waals surface area contributed by atoms with Gasteiger partial charge in [-0.25, -0.2) is 0 Å². The van der Waals surface area contributed by atoms with Gasteiger partial charge in [-0.3, -0.25) is 9.59 Å². The molecular weight excluding hydrogens is 340 g/mol. The van der Waals surface area contributed by atoms with E-state index in [0.29, 0.717) is 40.7 Å². The Hall–Kier alpha value is -2.53. The van der Waals surface area contributed by atoms with E-state index in [2.05, 4.69) is 5.32 Å². The highest BCUT2D eigenvalue weighted by Crippen LogP contribution is 2.28. The number of anilines is 1. The molecule has 0 aliphatic rings. The number of nitrogens with one attached hydrogen (secondary N) is 1. The second kappa shape index (κ2) is 8.53. The standard InChI is InChI=1S/C19H21ClN2O3/c1-4-22(5-2)19(24)14-8-6-7-13(11-14)18(23)21-16-12-15(20)9-10-17(16)25-3/h6-12H,4-5H2,1-3H3,(H,21,23). The number of hydrogen-bond acceptors (Lipinski definition) is 3. The highest BCUT2D eigenvalue weighted by Gasteiger charge is 2.15. The molecule has 0 unspecified atom stereocenters. The maximum Gasteiger partial charge on any atom is 0.255 e. The summed E-state index contributed by atoms with van der Waals surface area (Å²) in [5.41, 5.74) is 1.34. The van der Waals surface area contributed by atoms with Crippen molar-refractivity contribution >= 4 is 29.1 Å². The molecule has 0 saturated carbocycles. The minimum atomic E-state index is -0.338. The lowest BCUT2D eigenvalue weighted by Crippen LogP contribution is -2.30. The van der Waals surface area contributed by atoms with Crippen LogP contribution in [-0.4, -0.2) is 36.9 Å². The molecule has 0 atom stereocenters. The summed E-state index contributed by atoms with van der Waals surface area (Å²) in [6.07, 6.45) is 0. The lowest BCUT2D eigenvalue weighted by Gasteiger charge is -2.19. The molecule has 2 aromatic rings. The SMILES string of the molecule is CCN(CC)C(=O)c1cccc(C(=O)Nc2cc(Cl)ccc2OC)c1. The number of hydrogen-bond donors (Lipinski definition) is 1. The first-order valence-corrected chi connectivity index (χ1v) is 8.42. The van der Waals surface area contributed by atoms with Gasteiger partial charge >= 0.3 is 0 Å². The molecule has 132 valence electrons. The lowest BCUT2D eigenvalue weighted by molar-refractivity contribution is 0.0773. The highest BCUT2D eigenvalue weighted by atomic mass is 35.5. The van der Waals surface area contributed by atoms with Gasteiger partial charge in [0.15, 0.2) is 0 Å². The predicted molar refractivity (Wildman–Crippen MR) is 99.7 cm³/mol. The van der Waals surface area contributed by atoms with Crippen LogP contribution in [0.4, 0.5) is 5.69 Å². The van der Waals surface area contributed by atoms with Gasteiger partial charge in [-0.15, -0.1) is 0 Å². The summed E-state index contributed by atoms with van der Waals surface area (Å²) in [6.45, 7) is 5.07. The maximum atomic E-state index is 12.5. The molecule has 0 aromatic heterocycles. The molecule has 0 spiro atoms. The Bertz CT molecular complexity index is 773. The Kier molecular flexibility index (Phi) is 6.42. The maximum absolute atomic E-state index is 12.5. The van der Waals surface area contributed by atoms with Crippen molar-refractivity contribution in [3.05, 3.63) is 58.6 Å². The van der Waals surface area contributed by atoms with Crippen molar-refractivity contribution in [2.75, 3.05) is 25.5 Å². The number of amides is 2. The first-order valence-electron chi connectivity index (χ1n) is 8.04. The summed E-state index contributed by atoms with van der Waals surface area (Å²) in [5.74, 6) is 0.0721. The molecule has 0 fully saturated rings. The van der Waals surface area contributed by atoms with Crippen molar-refractivity contribution in [1.82, 2.24) is 4.90 Å². The quantitative estimate of drug-likeness (QED) is 0.844. The monoisotopic (exact) mass is 360 g/mol. The van der Waals surface area contributed by atoms with Crippen LogP contribution in [0.25, 0.3) is 0 Å². The van der Waals surface area contributed by atoms with Crippen LogP contribution in [0.2, 0.25) is 5.02 Å². The third-order valence-corrected chi connectivity index (χ3v) is 4.07. The van der Waals surface area contributed by atoms with E-state index in [9.17, 15) is 9.59 Å². The number of halogens is 1. The minimum Gasteiger partial charge on any atom is -0.495 e. The Labute approximate surface area is 152 Å². The van der Waals surface area contributed by atoms with Crippen LogP contribution in [0, 0.1) is 0 Å². The van der Waals surface area contributed by atoms with E-state index in [4.69, 9.17) is 16.3 Å². The number of carbonyl (C=O) groups excluding carboxylic acids is 2. The van der Waals surface area contributed by atoms with Crippen LogP contribution in [0.15, 0.2) is 42.5 Å². The largest absolute Gasteiger partial charge is 0.495 e. The number of methoxy groups -OCH3 is 1. The van der Waals surface area contributed by atoms with Gasteiger partial charge in [0.25, 0.3) is 11.8 Å². The third-order valence-electron chi connectivity index (χ3n) is 3.83. The molecule has 0 bridgehead atoms. The Morgan fingerprint density at radius 2 is 1.76 bits per heavy atom. The molecule has 0 aliphatic heterocycles. The Morgan fingerprint density at radius 3 is 2.40 bits per heavy atom. The van der Waals surface area contributed by atoms with Crippen LogP contribution in [0.5, 0.6) is 5.75 Å². The van der Waals surface area contributed by atoms with Crippen molar-refractivity contribution in [3.8, 4) is 5.75 Å². The average molecular weight is 361 g/mol. The van der Waals surface area contributed by atoms with Crippen LogP contribution < -0.4 is 10.1 Å². The van der Waals surface area contributed by atoms with Gasteiger partial charge < -0.3 is 15.0 Å². The summed E-state index contributed by atoms with van der Waals surface area (Å²) in [4.78, 5) is 26.7. The molecule has 1 N–H and O–H groups in total. The highest BCUT2D eigenvalue weighted by molar-refractivity contribution is 6.31. The minimum absolute atomic E-state index is 0.0972.